The Bertz CT molecular complexity index is 817. The molecule has 5 heteroatoms. The molecule has 4 nitrogen and oxygen atoms in total. The third kappa shape index (κ3) is 4.85. The molecule has 1 heterocycles. The van der Waals surface area contributed by atoms with E-state index in [0.29, 0.717) is 16.3 Å². The number of halogens is 1. The summed E-state index contributed by atoms with van der Waals surface area (Å²) in [6.45, 7) is 2.74. The molecule has 0 bridgehead atoms. The molecule has 26 heavy (non-hydrogen) atoms. The van der Waals surface area contributed by atoms with Gasteiger partial charge in [0.15, 0.2) is 0 Å². The topological polar surface area (TPSA) is 54.0 Å². The molecule has 1 aliphatic rings. The first-order valence-electron chi connectivity index (χ1n) is 9.07. The van der Waals surface area contributed by atoms with E-state index in [1.165, 1.54) is 31.3 Å². The van der Waals surface area contributed by atoms with Gasteiger partial charge in [0.1, 0.15) is 0 Å². The van der Waals surface area contributed by atoms with E-state index in [4.69, 9.17) is 11.6 Å². The van der Waals surface area contributed by atoms with Crippen molar-refractivity contribution in [1.29, 1.82) is 0 Å². The molecule has 136 valence electrons. The van der Waals surface area contributed by atoms with Gasteiger partial charge >= 0.3 is 0 Å². The molecule has 0 saturated carbocycles. The second kappa shape index (κ2) is 8.86. The van der Waals surface area contributed by atoms with Gasteiger partial charge in [-0.2, -0.15) is 0 Å². The van der Waals surface area contributed by atoms with Gasteiger partial charge in [0.05, 0.1) is 11.3 Å². The van der Waals surface area contributed by atoms with Crippen LogP contribution in [0.2, 0.25) is 5.02 Å². The van der Waals surface area contributed by atoms with E-state index in [-0.39, 0.29) is 5.91 Å². The summed E-state index contributed by atoms with van der Waals surface area (Å²) >= 11 is 6.11. The highest BCUT2D eigenvalue weighted by atomic mass is 35.5. The predicted octanol–water partition coefficient (Wildman–Crippen LogP) is 5.60. The highest BCUT2D eigenvalue weighted by Crippen LogP contribution is 2.24. The first kappa shape index (κ1) is 18.5. The van der Waals surface area contributed by atoms with Crippen molar-refractivity contribution in [2.45, 2.75) is 39.0 Å². The first-order chi connectivity index (χ1) is 12.6. The number of aromatic nitrogens is 1. The summed E-state index contributed by atoms with van der Waals surface area (Å²) in [5.41, 5.74) is 4.47. The van der Waals surface area contributed by atoms with Crippen LogP contribution in [0.25, 0.3) is 0 Å². The minimum atomic E-state index is -0.193. The van der Waals surface area contributed by atoms with Crippen molar-refractivity contribution in [3.63, 3.8) is 0 Å². The fourth-order valence-corrected chi connectivity index (χ4v) is 3.27. The van der Waals surface area contributed by atoms with Crippen molar-refractivity contribution >= 4 is 28.9 Å². The summed E-state index contributed by atoms with van der Waals surface area (Å²) in [7, 11) is 0. The van der Waals surface area contributed by atoms with E-state index >= 15 is 0 Å². The van der Waals surface area contributed by atoms with E-state index in [1.807, 2.05) is 25.1 Å². The predicted molar refractivity (Wildman–Crippen MR) is 108 cm³/mol. The van der Waals surface area contributed by atoms with Crippen LogP contribution in [0.15, 0.2) is 48.3 Å². The molecule has 1 aromatic carbocycles. The minimum absolute atomic E-state index is 0.193. The van der Waals surface area contributed by atoms with Gasteiger partial charge in [-0.05, 0) is 62.8 Å². The second-order valence-electron chi connectivity index (χ2n) is 6.61. The number of benzene rings is 1. The maximum Gasteiger partial charge on any atom is 0.257 e. The van der Waals surface area contributed by atoms with Crippen molar-refractivity contribution in [3.05, 3.63) is 64.5 Å². The number of nitrogens with zero attached hydrogens (tertiary/aromatic N) is 1. The summed E-state index contributed by atoms with van der Waals surface area (Å²) in [5.74, 6) is -0.193. The molecule has 0 unspecified atom stereocenters. The molecule has 0 atom stereocenters. The standard InChI is InChI=1S/C21H24ClN3O/c1-15-19(22)8-5-9-20(15)25-21(26)17-12-18(14-23-13-17)24-11-10-16-6-3-2-4-7-16/h5-6,8-9,12-14,24H,2-4,7,10-11H2,1H3,(H,25,26). The van der Waals surface area contributed by atoms with E-state index in [0.717, 1.165) is 24.2 Å². The van der Waals surface area contributed by atoms with E-state index < -0.39 is 0 Å². The van der Waals surface area contributed by atoms with Crippen LogP contribution in [-0.4, -0.2) is 17.4 Å². The van der Waals surface area contributed by atoms with Crippen molar-refractivity contribution in [3.8, 4) is 0 Å². The Morgan fingerprint density at radius 3 is 2.96 bits per heavy atom. The zero-order valence-electron chi connectivity index (χ0n) is 15.0. The van der Waals surface area contributed by atoms with Crippen LogP contribution in [0.3, 0.4) is 0 Å². The van der Waals surface area contributed by atoms with Gasteiger partial charge in [-0.15, -0.1) is 0 Å². The zero-order valence-corrected chi connectivity index (χ0v) is 15.8. The van der Waals surface area contributed by atoms with Gasteiger partial charge in [-0.3, -0.25) is 9.78 Å². The van der Waals surface area contributed by atoms with Crippen molar-refractivity contribution in [2.24, 2.45) is 0 Å². The van der Waals surface area contributed by atoms with Crippen LogP contribution in [0.5, 0.6) is 0 Å². The number of allylic oxidation sites excluding steroid dienone is 1. The lowest BCUT2D eigenvalue weighted by molar-refractivity contribution is 0.102. The van der Waals surface area contributed by atoms with Crippen LogP contribution in [0.1, 0.15) is 48.0 Å². The third-order valence-corrected chi connectivity index (χ3v) is 5.09. The van der Waals surface area contributed by atoms with Crippen LogP contribution in [-0.2, 0) is 0 Å². The average molecular weight is 370 g/mol. The number of anilines is 2. The molecule has 1 amide bonds. The molecule has 3 rings (SSSR count). The van der Waals surface area contributed by atoms with Crippen molar-refractivity contribution in [2.75, 3.05) is 17.2 Å². The van der Waals surface area contributed by atoms with Crippen LogP contribution < -0.4 is 10.6 Å². The summed E-state index contributed by atoms with van der Waals surface area (Å²) in [6.07, 6.45) is 11.7. The van der Waals surface area contributed by atoms with Crippen LogP contribution >= 0.6 is 11.6 Å². The van der Waals surface area contributed by atoms with Gasteiger partial charge in [0.25, 0.3) is 5.91 Å². The van der Waals surface area contributed by atoms with Gasteiger partial charge in [-0.1, -0.05) is 29.3 Å². The van der Waals surface area contributed by atoms with Crippen molar-refractivity contribution in [1.82, 2.24) is 4.98 Å². The van der Waals surface area contributed by atoms with E-state index in [1.54, 1.807) is 18.5 Å². The Labute approximate surface area is 159 Å². The van der Waals surface area contributed by atoms with Crippen LogP contribution in [0.4, 0.5) is 11.4 Å². The number of amides is 1. The summed E-state index contributed by atoms with van der Waals surface area (Å²) < 4.78 is 0. The van der Waals surface area contributed by atoms with E-state index in [9.17, 15) is 4.79 Å². The van der Waals surface area contributed by atoms with Crippen LogP contribution in [0, 0.1) is 6.92 Å². The second-order valence-corrected chi connectivity index (χ2v) is 7.02. The maximum absolute atomic E-state index is 12.5. The molecule has 1 aromatic heterocycles. The highest BCUT2D eigenvalue weighted by molar-refractivity contribution is 6.31. The number of hydrogen-bond donors (Lipinski definition) is 2. The highest BCUT2D eigenvalue weighted by Gasteiger charge is 2.10. The molecule has 0 radical (unpaired) electrons. The third-order valence-electron chi connectivity index (χ3n) is 4.68. The Balaban J connectivity index is 1.60. The summed E-state index contributed by atoms with van der Waals surface area (Å²) in [4.78, 5) is 16.7. The summed E-state index contributed by atoms with van der Waals surface area (Å²) in [6, 6.07) is 7.30. The number of hydrogen-bond acceptors (Lipinski definition) is 3. The van der Waals surface area contributed by atoms with Gasteiger partial charge in [-0.25, -0.2) is 0 Å². The van der Waals surface area contributed by atoms with Gasteiger partial charge in [0.2, 0.25) is 0 Å². The largest absolute Gasteiger partial charge is 0.383 e. The normalized spacial score (nSPS) is 13.8. The monoisotopic (exact) mass is 369 g/mol. The molecule has 0 spiro atoms. The van der Waals surface area contributed by atoms with Gasteiger partial charge in [0, 0.05) is 29.6 Å². The average Bonchev–Trinajstić information content (AvgIpc) is 2.66. The number of pyridine rings is 1. The Hall–Kier alpha value is -2.33. The SMILES string of the molecule is Cc1c(Cl)cccc1NC(=O)c1cncc(NCCC2=CCCCC2)c1. The molecule has 0 saturated heterocycles. The number of carbonyl (C=O) groups is 1. The Morgan fingerprint density at radius 2 is 2.15 bits per heavy atom. The molecule has 2 aromatic rings. The molecule has 0 aliphatic heterocycles. The molecule has 2 N–H and O–H groups in total. The lowest BCUT2D eigenvalue weighted by Gasteiger charge is -2.14. The minimum Gasteiger partial charge on any atom is -0.383 e. The van der Waals surface area contributed by atoms with Gasteiger partial charge < -0.3 is 10.6 Å². The number of carbonyl (C=O) groups excluding carboxylic acids is 1. The summed E-state index contributed by atoms with van der Waals surface area (Å²) in [5, 5.41) is 6.90. The number of nitrogens with one attached hydrogen (secondary N) is 2. The maximum atomic E-state index is 12.5. The quantitative estimate of drug-likeness (QED) is 0.652. The Kier molecular flexibility index (Phi) is 6.29. The molecular weight excluding hydrogens is 346 g/mol. The number of rotatable bonds is 6. The first-order valence-corrected chi connectivity index (χ1v) is 9.44. The fraction of sp³-hybridized carbons (Fsp3) is 0.333. The lowest BCUT2D eigenvalue weighted by Crippen LogP contribution is -2.14. The Morgan fingerprint density at radius 1 is 1.27 bits per heavy atom. The smallest absolute Gasteiger partial charge is 0.257 e. The molecule has 1 aliphatic carbocycles. The van der Waals surface area contributed by atoms with E-state index in [2.05, 4.69) is 21.7 Å². The lowest BCUT2D eigenvalue weighted by atomic mass is 9.97. The molecule has 0 fully saturated rings. The zero-order chi connectivity index (χ0) is 18.4. The fourth-order valence-electron chi connectivity index (χ4n) is 3.10. The molecular formula is C21H24ClN3O. The van der Waals surface area contributed by atoms with Crippen molar-refractivity contribution < 1.29 is 4.79 Å².